The van der Waals surface area contributed by atoms with Crippen LogP contribution in [0.1, 0.15) is 30.5 Å². The minimum atomic E-state index is -3.38. The van der Waals surface area contributed by atoms with Gasteiger partial charge in [0.15, 0.2) is 0 Å². The molecule has 2 aromatic carbocycles. The largest absolute Gasteiger partial charge is 0.355 e. The first-order chi connectivity index (χ1) is 12.4. The van der Waals surface area contributed by atoms with Gasteiger partial charge in [0.1, 0.15) is 0 Å². The molecule has 0 fully saturated rings. The Morgan fingerprint density at radius 1 is 1.04 bits per heavy atom. The highest BCUT2D eigenvalue weighted by molar-refractivity contribution is 7.88. The molecule has 5 nitrogen and oxygen atoms in total. The van der Waals surface area contributed by atoms with Crippen LogP contribution >= 0.6 is 0 Å². The molecule has 0 aromatic heterocycles. The molecule has 0 bridgehead atoms. The maximum Gasteiger partial charge on any atom is 0.220 e. The SMILES string of the molecule is CC(c1ccccc1)N(CCNC(=O)CCc1ccccc1)S(C)(=O)=O. The Morgan fingerprint density at radius 2 is 1.62 bits per heavy atom. The minimum Gasteiger partial charge on any atom is -0.355 e. The maximum absolute atomic E-state index is 12.1. The third-order valence-electron chi connectivity index (χ3n) is 4.28. The molecule has 0 aliphatic rings. The molecule has 1 N–H and O–H groups in total. The van der Waals surface area contributed by atoms with Crippen LogP contribution < -0.4 is 5.32 Å². The molecule has 2 aromatic rings. The van der Waals surface area contributed by atoms with Crippen LogP contribution in [0.5, 0.6) is 0 Å². The lowest BCUT2D eigenvalue weighted by atomic mass is 10.1. The van der Waals surface area contributed by atoms with Gasteiger partial charge in [-0.3, -0.25) is 4.79 Å². The second-order valence-corrected chi connectivity index (χ2v) is 8.23. The molecule has 0 aliphatic heterocycles. The Labute approximate surface area is 156 Å². The molecule has 6 heteroatoms. The molecule has 2 rings (SSSR count). The maximum atomic E-state index is 12.1. The third kappa shape index (κ3) is 6.28. The van der Waals surface area contributed by atoms with Crippen LogP contribution in [0.25, 0.3) is 0 Å². The number of hydrogen-bond donors (Lipinski definition) is 1. The summed E-state index contributed by atoms with van der Waals surface area (Å²) in [6.07, 6.45) is 2.25. The molecule has 1 atom stereocenters. The van der Waals surface area contributed by atoms with Crippen molar-refractivity contribution in [1.29, 1.82) is 0 Å². The minimum absolute atomic E-state index is 0.0744. The topological polar surface area (TPSA) is 66.5 Å². The zero-order chi connectivity index (χ0) is 19.0. The van der Waals surface area contributed by atoms with E-state index in [0.717, 1.165) is 11.1 Å². The van der Waals surface area contributed by atoms with Gasteiger partial charge in [-0.15, -0.1) is 0 Å². The summed E-state index contributed by atoms with van der Waals surface area (Å²) in [6.45, 7) is 2.39. The summed E-state index contributed by atoms with van der Waals surface area (Å²) in [6, 6.07) is 19.0. The predicted molar refractivity (Wildman–Crippen MR) is 104 cm³/mol. The van der Waals surface area contributed by atoms with Crippen molar-refractivity contribution >= 4 is 15.9 Å². The van der Waals surface area contributed by atoms with E-state index in [0.29, 0.717) is 12.8 Å². The van der Waals surface area contributed by atoms with E-state index in [1.54, 1.807) is 0 Å². The number of hydrogen-bond acceptors (Lipinski definition) is 3. The van der Waals surface area contributed by atoms with Gasteiger partial charge >= 0.3 is 0 Å². The Morgan fingerprint density at radius 3 is 2.19 bits per heavy atom. The monoisotopic (exact) mass is 374 g/mol. The highest BCUT2D eigenvalue weighted by Gasteiger charge is 2.24. The molecule has 0 heterocycles. The summed E-state index contributed by atoms with van der Waals surface area (Å²) >= 11 is 0. The smallest absolute Gasteiger partial charge is 0.220 e. The first-order valence-corrected chi connectivity index (χ1v) is 10.5. The quantitative estimate of drug-likeness (QED) is 0.734. The summed E-state index contributed by atoms with van der Waals surface area (Å²) in [4.78, 5) is 12.0. The standard InChI is InChI=1S/C20H26N2O3S/c1-17(19-11-7-4-8-12-19)22(26(2,24)25)16-15-21-20(23)14-13-18-9-5-3-6-10-18/h3-12,17H,13-16H2,1-2H3,(H,21,23). The number of benzene rings is 2. The summed E-state index contributed by atoms with van der Waals surface area (Å²) in [7, 11) is -3.38. The molecule has 0 radical (unpaired) electrons. The van der Waals surface area contributed by atoms with Crippen molar-refractivity contribution in [3.05, 3.63) is 71.8 Å². The highest BCUT2D eigenvalue weighted by atomic mass is 32.2. The van der Waals surface area contributed by atoms with Crippen LogP contribution in [0.15, 0.2) is 60.7 Å². The zero-order valence-electron chi connectivity index (χ0n) is 15.3. The van der Waals surface area contributed by atoms with Crippen molar-refractivity contribution in [2.45, 2.75) is 25.8 Å². The number of nitrogens with zero attached hydrogens (tertiary/aromatic N) is 1. The molecule has 0 spiro atoms. The number of nitrogens with one attached hydrogen (secondary N) is 1. The second kappa shape index (κ2) is 9.50. The van der Waals surface area contributed by atoms with Crippen molar-refractivity contribution in [3.8, 4) is 0 Å². The lowest BCUT2D eigenvalue weighted by Gasteiger charge is -2.27. The van der Waals surface area contributed by atoms with Crippen LogP contribution in [0.3, 0.4) is 0 Å². The summed E-state index contributed by atoms with van der Waals surface area (Å²) in [5.74, 6) is -0.0744. The summed E-state index contributed by atoms with van der Waals surface area (Å²) in [5, 5.41) is 2.82. The molecule has 26 heavy (non-hydrogen) atoms. The van der Waals surface area contributed by atoms with E-state index in [1.165, 1.54) is 10.6 Å². The number of aryl methyl sites for hydroxylation is 1. The molecule has 0 aliphatic carbocycles. The van der Waals surface area contributed by atoms with Crippen molar-refractivity contribution < 1.29 is 13.2 Å². The predicted octanol–water partition coefficient (Wildman–Crippen LogP) is 2.76. The zero-order valence-corrected chi connectivity index (χ0v) is 16.1. The molecule has 0 saturated carbocycles. The van der Waals surface area contributed by atoms with Gasteiger partial charge in [0.05, 0.1) is 6.26 Å². The third-order valence-corrected chi connectivity index (χ3v) is 5.63. The fraction of sp³-hybridized carbons (Fsp3) is 0.350. The number of carbonyl (C=O) groups is 1. The molecular weight excluding hydrogens is 348 g/mol. The number of amides is 1. The Bertz CT molecular complexity index is 792. The van der Waals surface area contributed by atoms with Crippen LogP contribution in [0.2, 0.25) is 0 Å². The van der Waals surface area contributed by atoms with Gasteiger partial charge in [-0.05, 0) is 24.5 Å². The summed E-state index contributed by atoms with van der Waals surface area (Å²) in [5.41, 5.74) is 2.03. The van der Waals surface area contributed by atoms with E-state index >= 15 is 0 Å². The molecule has 1 unspecified atom stereocenters. The normalized spacial score (nSPS) is 12.7. The Hall–Kier alpha value is -2.18. The van der Waals surface area contributed by atoms with E-state index in [9.17, 15) is 13.2 Å². The van der Waals surface area contributed by atoms with Crippen molar-refractivity contribution in [2.24, 2.45) is 0 Å². The fourth-order valence-corrected chi connectivity index (χ4v) is 3.96. The van der Waals surface area contributed by atoms with Gasteiger partial charge in [0, 0.05) is 25.6 Å². The fourth-order valence-electron chi connectivity index (χ4n) is 2.84. The first-order valence-electron chi connectivity index (χ1n) is 8.70. The lowest BCUT2D eigenvalue weighted by molar-refractivity contribution is -0.121. The van der Waals surface area contributed by atoms with Gasteiger partial charge < -0.3 is 5.32 Å². The molecule has 1 amide bonds. The Kier molecular flexibility index (Phi) is 7.36. The molecular formula is C20H26N2O3S. The lowest BCUT2D eigenvalue weighted by Crippen LogP contribution is -2.39. The van der Waals surface area contributed by atoms with E-state index in [4.69, 9.17) is 0 Å². The van der Waals surface area contributed by atoms with Gasteiger partial charge in [0.2, 0.25) is 15.9 Å². The molecule has 0 saturated heterocycles. The van der Waals surface area contributed by atoms with E-state index in [1.807, 2.05) is 67.6 Å². The van der Waals surface area contributed by atoms with Crippen LogP contribution in [0.4, 0.5) is 0 Å². The van der Waals surface area contributed by atoms with E-state index in [-0.39, 0.29) is 25.0 Å². The van der Waals surface area contributed by atoms with E-state index < -0.39 is 10.0 Å². The van der Waals surface area contributed by atoms with Gasteiger partial charge in [-0.25, -0.2) is 8.42 Å². The van der Waals surface area contributed by atoms with Crippen LogP contribution in [0, 0.1) is 0 Å². The van der Waals surface area contributed by atoms with Crippen molar-refractivity contribution in [1.82, 2.24) is 9.62 Å². The Balaban J connectivity index is 1.86. The second-order valence-electron chi connectivity index (χ2n) is 6.30. The van der Waals surface area contributed by atoms with Gasteiger partial charge in [-0.1, -0.05) is 60.7 Å². The van der Waals surface area contributed by atoms with Crippen LogP contribution in [-0.4, -0.2) is 38.0 Å². The summed E-state index contributed by atoms with van der Waals surface area (Å²) < 4.78 is 25.7. The highest BCUT2D eigenvalue weighted by Crippen LogP contribution is 2.21. The van der Waals surface area contributed by atoms with E-state index in [2.05, 4.69) is 5.32 Å². The van der Waals surface area contributed by atoms with Crippen molar-refractivity contribution in [2.75, 3.05) is 19.3 Å². The number of rotatable bonds is 9. The van der Waals surface area contributed by atoms with Crippen LogP contribution in [-0.2, 0) is 21.2 Å². The average Bonchev–Trinajstić information content (AvgIpc) is 2.63. The number of sulfonamides is 1. The average molecular weight is 375 g/mol. The van der Waals surface area contributed by atoms with Gasteiger partial charge in [-0.2, -0.15) is 4.31 Å². The molecule has 140 valence electrons. The first kappa shape index (κ1) is 20.1. The van der Waals surface area contributed by atoms with Gasteiger partial charge in [0.25, 0.3) is 0 Å². The number of carbonyl (C=O) groups excluding carboxylic acids is 1. The van der Waals surface area contributed by atoms with Crippen molar-refractivity contribution in [3.63, 3.8) is 0 Å².